The van der Waals surface area contributed by atoms with Gasteiger partial charge >= 0.3 is 0 Å². The van der Waals surface area contributed by atoms with Gasteiger partial charge in [0.05, 0.1) is 0 Å². The second-order valence-corrected chi connectivity index (χ2v) is 4.73. The van der Waals surface area contributed by atoms with Crippen LogP contribution in [0.25, 0.3) is 0 Å². The second kappa shape index (κ2) is 4.90. The van der Waals surface area contributed by atoms with Crippen molar-refractivity contribution in [1.29, 1.82) is 0 Å². The zero-order valence-corrected chi connectivity index (χ0v) is 8.65. The van der Waals surface area contributed by atoms with Gasteiger partial charge in [0.15, 0.2) is 0 Å². The van der Waals surface area contributed by atoms with E-state index < -0.39 is 10.2 Å². The fraction of sp³-hybridized carbons (Fsp3) is 1.00. The van der Waals surface area contributed by atoms with E-state index in [1.165, 1.54) is 0 Å². The lowest BCUT2D eigenvalue weighted by Crippen LogP contribution is -2.42. The normalized spacial score (nSPS) is 23.6. The molecule has 0 bridgehead atoms. The monoisotopic (exact) mass is 207 g/mol. The number of hydrogen-bond acceptors (Lipinski definition) is 3. The molecule has 3 N–H and O–H groups in total. The molecule has 1 saturated heterocycles. The highest BCUT2D eigenvalue weighted by Gasteiger charge is 2.16. The first kappa shape index (κ1) is 10.9. The molecule has 13 heavy (non-hydrogen) atoms. The summed E-state index contributed by atoms with van der Waals surface area (Å²) >= 11 is 0. The maximum atomic E-state index is 11.1. The first-order chi connectivity index (χ1) is 6.14. The van der Waals surface area contributed by atoms with Crippen molar-refractivity contribution in [2.45, 2.75) is 25.8 Å². The van der Waals surface area contributed by atoms with Crippen molar-refractivity contribution in [1.82, 2.24) is 14.8 Å². The summed E-state index contributed by atoms with van der Waals surface area (Å²) in [6.07, 6.45) is 2.18. The molecule has 1 atom stereocenters. The highest BCUT2D eigenvalue weighted by atomic mass is 32.2. The summed E-state index contributed by atoms with van der Waals surface area (Å²) in [5.41, 5.74) is 0. The quantitative estimate of drug-likeness (QED) is 0.552. The lowest BCUT2D eigenvalue weighted by molar-refractivity contribution is 0.543. The van der Waals surface area contributed by atoms with Crippen LogP contribution >= 0.6 is 0 Å². The molecule has 0 spiro atoms. The minimum atomic E-state index is -3.26. The van der Waals surface area contributed by atoms with Crippen LogP contribution in [0.2, 0.25) is 0 Å². The van der Waals surface area contributed by atoms with Crippen LogP contribution in [0, 0.1) is 0 Å². The van der Waals surface area contributed by atoms with Crippen LogP contribution in [-0.4, -0.2) is 34.1 Å². The van der Waals surface area contributed by atoms with Gasteiger partial charge < -0.3 is 5.32 Å². The number of rotatable bonds is 5. The Labute approximate surface area is 79.5 Å². The molecule has 78 valence electrons. The molecule has 0 radical (unpaired) electrons. The van der Waals surface area contributed by atoms with Crippen LogP contribution in [0.5, 0.6) is 0 Å². The fourth-order valence-corrected chi connectivity index (χ4v) is 2.28. The molecule has 0 aliphatic carbocycles. The summed E-state index contributed by atoms with van der Waals surface area (Å²) in [6, 6.07) is 0.299. The van der Waals surface area contributed by atoms with Gasteiger partial charge in [-0.05, 0) is 19.4 Å². The SMILES string of the molecule is CCNS(=O)(=O)NCC1CCCN1. The van der Waals surface area contributed by atoms with E-state index in [1.54, 1.807) is 6.92 Å². The number of nitrogens with one attached hydrogen (secondary N) is 3. The Hall–Kier alpha value is -0.170. The van der Waals surface area contributed by atoms with E-state index in [4.69, 9.17) is 0 Å². The Kier molecular flexibility index (Phi) is 4.11. The molecule has 0 aromatic heterocycles. The first-order valence-electron chi connectivity index (χ1n) is 4.61. The van der Waals surface area contributed by atoms with E-state index >= 15 is 0 Å². The molecule has 0 saturated carbocycles. The molecule has 0 aromatic carbocycles. The van der Waals surface area contributed by atoms with Crippen LogP contribution < -0.4 is 14.8 Å². The van der Waals surface area contributed by atoms with Gasteiger partial charge in [-0.1, -0.05) is 6.92 Å². The van der Waals surface area contributed by atoms with Gasteiger partial charge in [0.2, 0.25) is 0 Å². The van der Waals surface area contributed by atoms with E-state index in [0.717, 1.165) is 19.4 Å². The Bertz CT molecular complexity index is 234. The summed E-state index contributed by atoms with van der Waals surface area (Å²) < 4.78 is 27.2. The molecular formula is C7H17N3O2S. The molecule has 0 amide bonds. The topological polar surface area (TPSA) is 70.2 Å². The molecule has 1 unspecified atom stereocenters. The van der Waals surface area contributed by atoms with Crippen LogP contribution in [0.1, 0.15) is 19.8 Å². The van der Waals surface area contributed by atoms with Crippen molar-refractivity contribution >= 4 is 10.2 Å². The van der Waals surface area contributed by atoms with Gasteiger partial charge in [0, 0.05) is 19.1 Å². The van der Waals surface area contributed by atoms with Crippen molar-refractivity contribution < 1.29 is 8.42 Å². The summed E-state index contributed by atoms with van der Waals surface area (Å²) in [7, 11) is -3.26. The van der Waals surface area contributed by atoms with Gasteiger partial charge in [0.1, 0.15) is 0 Å². The fourth-order valence-electron chi connectivity index (χ4n) is 1.38. The Morgan fingerprint density at radius 3 is 2.77 bits per heavy atom. The standard InChI is InChI=1S/C7H17N3O2S/c1-2-9-13(11,12)10-6-7-4-3-5-8-7/h7-10H,2-6H2,1H3. The minimum absolute atomic E-state index is 0.299. The van der Waals surface area contributed by atoms with E-state index in [-0.39, 0.29) is 0 Å². The average molecular weight is 207 g/mol. The van der Waals surface area contributed by atoms with E-state index in [0.29, 0.717) is 19.1 Å². The zero-order valence-electron chi connectivity index (χ0n) is 7.84. The zero-order chi connectivity index (χ0) is 9.73. The third kappa shape index (κ3) is 4.04. The van der Waals surface area contributed by atoms with Crippen molar-refractivity contribution in [2.24, 2.45) is 0 Å². The Morgan fingerprint density at radius 2 is 2.23 bits per heavy atom. The largest absolute Gasteiger partial charge is 0.313 e. The third-order valence-electron chi connectivity index (χ3n) is 2.02. The lowest BCUT2D eigenvalue weighted by Gasteiger charge is -2.11. The van der Waals surface area contributed by atoms with Gasteiger partial charge in [-0.15, -0.1) is 0 Å². The van der Waals surface area contributed by atoms with Crippen LogP contribution in [0.4, 0.5) is 0 Å². The lowest BCUT2D eigenvalue weighted by atomic mass is 10.2. The van der Waals surface area contributed by atoms with Gasteiger partial charge in [-0.25, -0.2) is 9.44 Å². The first-order valence-corrected chi connectivity index (χ1v) is 6.10. The maximum Gasteiger partial charge on any atom is 0.276 e. The van der Waals surface area contributed by atoms with Gasteiger partial charge in [-0.2, -0.15) is 8.42 Å². The molecule has 1 aliphatic rings. The second-order valence-electron chi connectivity index (χ2n) is 3.14. The summed E-state index contributed by atoms with van der Waals surface area (Å²) in [6.45, 7) is 3.66. The highest BCUT2D eigenvalue weighted by Crippen LogP contribution is 2.03. The molecule has 5 nitrogen and oxygen atoms in total. The smallest absolute Gasteiger partial charge is 0.276 e. The van der Waals surface area contributed by atoms with E-state index in [2.05, 4.69) is 14.8 Å². The molecule has 6 heteroatoms. The van der Waals surface area contributed by atoms with Gasteiger partial charge in [-0.3, -0.25) is 0 Å². The highest BCUT2D eigenvalue weighted by molar-refractivity contribution is 7.87. The molecule has 1 fully saturated rings. The Balaban J connectivity index is 2.24. The van der Waals surface area contributed by atoms with Crippen LogP contribution in [0.15, 0.2) is 0 Å². The van der Waals surface area contributed by atoms with Crippen LogP contribution in [0.3, 0.4) is 0 Å². The summed E-state index contributed by atoms with van der Waals surface area (Å²) in [5, 5.41) is 3.22. The van der Waals surface area contributed by atoms with Crippen molar-refractivity contribution in [2.75, 3.05) is 19.6 Å². The Morgan fingerprint density at radius 1 is 1.46 bits per heavy atom. The number of hydrogen-bond donors (Lipinski definition) is 3. The summed E-state index contributed by atoms with van der Waals surface area (Å²) in [5.74, 6) is 0. The molecule has 1 heterocycles. The van der Waals surface area contributed by atoms with Crippen molar-refractivity contribution in [3.05, 3.63) is 0 Å². The summed E-state index contributed by atoms with van der Waals surface area (Å²) in [4.78, 5) is 0. The predicted octanol–water partition coefficient (Wildman–Crippen LogP) is -0.818. The third-order valence-corrected chi connectivity index (χ3v) is 3.23. The van der Waals surface area contributed by atoms with Crippen molar-refractivity contribution in [3.63, 3.8) is 0 Å². The minimum Gasteiger partial charge on any atom is -0.313 e. The van der Waals surface area contributed by atoms with Gasteiger partial charge in [0.25, 0.3) is 10.2 Å². The van der Waals surface area contributed by atoms with Crippen LogP contribution in [-0.2, 0) is 10.2 Å². The maximum absolute atomic E-state index is 11.1. The molecule has 1 rings (SSSR count). The average Bonchev–Trinajstić information content (AvgIpc) is 2.52. The molecule has 1 aliphatic heterocycles. The molecular weight excluding hydrogens is 190 g/mol. The van der Waals surface area contributed by atoms with E-state index in [9.17, 15) is 8.42 Å². The predicted molar refractivity (Wildman–Crippen MR) is 51.6 cm³/mol. The van der Waals surface area contributed by atoms with E-state index in [1.807, 2.05) is 0 Å². The van der Waals surface area contributed by atoms with Crippen molar-refractivity contribution in [3.8, 4) is 0 Å². The molecule has 0 aromatic rings.